The zero-order chi connectivity index (χ0) is 20.2. The third-order valence-corrected chi connectivity index (χ3v) is 5.90. The molecule has 1 fully saturated rings. The SMILES string of the molecule is Cc1nc(-c2ncccn2)sc1C(=O)NCc1cccc(CN2CCCC2=O)c1. The van der Waals surface area contributed by atoms with Gasteiger partial charge in [0.05, 0.1) is 5.69 Å². The fourth-order valence-electron chi connectivity index (χ4n) is 3.30. The maximum atomic E-state index is 12.7. The van der Waals surface area contributed by atoms with Crippen molar-refractivity contribution in [1.29, 1.82) is 0 Å². The molecule has 8 heteroatoms. The Morgan fingerprint density at radius 1 is 1.21 bits per heavy atom. The molecule has 1 aliphatic rings. The minimum absolute atomic E-state index is 0.165. The van der Waals surface area contributed by atoms with Crippen LogP contribution in [0.5, 0.6) is 0 Å². The lowest BCUT2D eigenvalue weighted by Gasteiger charge is -2.16. The van der Waals surface area contributed by atoms with E-state index in [1.807, 2.05) is 36.1 Å². The molecule has 29 heavy (non-hydrogen) atoms. The van der Waals surface area contributed by atoms with E-state index in [1.165, 1.54) is 11.3 Å². The Hall–Kier alpha value is -3.13. The number of hydrogen-bond donors (Lipinski definition) is 1. The molecule has 1 aliphatic heterocycles. The van der Waals surface area contributed by atoms with Crippen LogP contribution in [-0.4, -0.2) is 38.2 Å². The molecular formula is C21H21N5O2S. The van der Waals surface area contributed by atoms with Gasteiger partial charge in [0, 0.05) is 38.4 Å². The maximum Gasteiger partial charge on any atom is 0.263 e. The fourth-order valence-corrected chi connectivity index (χ4v) is 4.24. The van der Waals surface area contributed by atoms with Gasteiger partial charge in [0.2, 0.25) is 5.91 Å². The number of carbonyl (C=O) groups excluding carboxylic acids is 2. The molecular weight excluding hydrogens is 386 g/mol. The molecule has 3 heterocycles. The topological polar surface area (TPSA) is 88.1 Å². The quantitative estimate of drug-likeness (QED) is 0.679. The first-order valence-corrected chi connectivity index (χ1v) is 10.3. The molecule has 1 aromatic carbocycles. The molecule has 1 N–H and O–H groups in total. The second-order valence-corrected chi connectivity index (χ2v) is 7.93. The van der Waals surface area contributed by atoms with Gasteiger partial charge in [0.25, 0.3) is 5.91 Å². The van der Waals surface area contributed by atoms with Gasteiger partial charge in [-0.1, -0.05) is 24.3 Å². The molecule has 0 aliphatic carbocycles. The highest BCUT2D eigenvalue weighted by Crippen LogP contribution is 2.25. The van der Waals surface area contributed by atoms with Gasteiger partial charge in [-0.3, -0.25) is 9.59 Å². The molecule has 0 spiro atoms. The number of thiazole rings is 1. The second-order valence-electron chi connectivity index (χ2n) is 6.93. The van der Waals surface area contributed by atoms with Crippen molar-refractivity contribution in [3.05, 3.63) is 64.4 Å². The Kier molecular flexibility index (Phi) is 5.62. The lowest BCUT2D eigenvalue weighted by atomic mass is 10.1. The molecule has 2 aromatic heterocycles. The van der Waals surface area contributed by atoms with E-state index in [0.717, 1.165) is 24.1 Å². The van der Waals surface area contributed by atoms with E-state index in [2.05, 4.69) is 20.3 Å². The van der Waals surface area contributed by atoms with Crippen LogP contribution in [0.2, 0.25) is 0 Å². The Labute approximate surface area is 172 Å². The van der Waals surface area contributed by atoms with E-state index in [0.29, 0.717) is 40.9 Å². The zero-order valence-corrected chi connectivity index (χ0v) is 16.9. The van der Waals surface area contributed by atoms with Crippen LogP contribution in [0.4, 0.5) is 0 Å². The van der Waals surface area contributed by atoms with Crippen molar-refractivity contribution < 1.29 is 9.59 Å². The van der Waals surface area contributed by atoms with Crippen LogP contribution in [0, 0.1) is 6.92 Å². The highest BCUT2D eigenvalue weighted by Gasteiger charge is 2.20. The molecule has 0 unspecified atom stereocenters. The van der Waals surface area contributed by atoms with E-state index in [-0.39, 0.29) is 11.8 Å². The molecule has 3 aromatic rings. The van der Waals surface area contributed by atoms with E-state index in [9.17, 15) is 9.59 Å². The Balaban J connectivity index is 1.40. The van der Waals surface area contributed by atoms with Crippen LogP contribution in [0.1, 0.15) is 39.3 Å². The van der Waals surface area contributed by atoms with Gasteiger partial charge in [0.1, 0.15) is 4.88 Å². The molecule has 0 atom stereocenters. The maximum absolute atomic E-state index is 12.7. The third-order valence-electron chi connectivity index (χ3n) is 4.75. The molecule has 4 rings (SSSR count). The highest BCUT2D eigenvalue weighted by molar-refractivity contribution is 7.17. The molecule has 0 radical (unpaired) electrons. The number of amides is 2. The summed E-state index contributed by atoms with van der Waals surface area (Å²) < 4.78 is 0. The minimum atomic E-state index is -0.165. The molecule has 2 amide bonds. The molecule has 7 nitrogen and oxygen atoms in total. The van der Waals surface area contributed by atoms with Gasteiger partial charge < -0.3 is 10.2 Å². The Morgan fingerprint density at radius 2 is 2.00 bits per heavy atom. The summed E-state index contributed by atoms with van der Waals surface area (Å²) in [6, 6.07) is 9.72. The fraction of sp³-hybridized carbons (Fsp3) is 0.286. The van der Waals surface area contributed by atoms with E-state index in [4.69, 9.17) is 0 Å². The summed E-state index contributed by atoms with van der Waals surface area (Å²) in [7, 11) is 0. The van der Waals surface area contributed by atoms with Gasteiger partial charge in [-0.2, -0.15) is 0 Å². The number of nitrogens with one attached hydrogen (secondary N) is 1. The average molecular weight is 407 g/mol. The minimum Gasteiger partial charge on any atom is -0.347 e. The molecule has 1 saturated heterocycles. The normalized spacial score (nSPS) is 13.7. The van der Waals surface area contributed by atoms with E-state index >= 15 is 0 Å². The number of benzene rings is 1. The summed E-state index contributed by atoms with van der Waals surface area (Å²) in [4.78, 5) is 39.7. The first-order chi connectivity index (χ1) is 14.1. The molecule has 148 valence electrons. The van der Waals surface area contributed by atoms with Crippen molar-refractivity contribution in [3.63, 3.8) is 0 Å². The number of rotatable bonds is 6. The van der Waals surface area contributed by atoms with E-state index < -0.39 is 0 Å². The van der Waals surface area contributed by atoms with Gasteiger partial charge in [-0.05, 0) is 30.5 Å². The predicted molar refractivity (Wildman–Crippen MR) is 110 cm³/mol. The van der Waals surface area contributed by atoms with Crippen LogP contribution >= 0.6 is 11.3 Å². The van der Waals surface area contributed by atoms with Gasteiger partial charge in [-0.25, -0.2) is 15.0 Å². The summed E-state index contributed by atoms with van der Waals surface area (Å²) >= 11 is 1.29. The summed E-state index contributed by atoms with van der Waals surface area (Å²) in [5, 5.41) is 3.59. The number of aromatic nitrogens is 3. The smallest absolute Gasteiger partial charge is 0.263 e. The number of aryl methyl sites for hydroxylation is 1. The van der Waals surface area contributed by atoms with Crippen molar-refractivity contribution in [2.24, 2.45) is 0 Å². The number of nitrogens with zero attached hydrogens (tertiary/aromatic N) is 4. The standard InChI is InChI=1S/C21H21N5O2S/c1-14-18(29-21(25-14)19-22-8-4-9-23-19)20(28)24-12-15-5-2-6-16(11-15)13-26-10-3-7-17(26)27/h2,4-6,8-9,11H,3,7,10,12-13H2,1H3,(H,24,28). The number of carbonyl (C=O) groups is 2. The number of likely N-dealkylation sites (tertiary alicyclic amines) is 1. The second kappa shape index (κ2) is 8.48. The Morgan fingerprint density at radius 3 is 2.76 bits per heavy atom. The lowest BCUT2D eigenvalue weighted by molar-refractivity contribution is -0.128. The average Bonchev–Trinajstić information content (AvgIpc) is 3.33. The van der Waals surface area contributed by atoms with Crippen molar-refractivity contribution in [1.82, 2.24) is 25.2 Å². The van der Waals surface area contributed by atoms with Crippen molar-refractivity contribution in [2.75, 3.05) is 6.54 Å². The van der Waals surface area contributed by atoms with Gasteiger partial charge in [0.15, 0.2) is 10.8 Å². The van der Waals surface area contributed by atoms with Crippen molar-refractivity contribution >= 4 is 23.2 Å². The monoisotopic (exact) mass is 407 g/mol. The first kappa shape index (κ1) is 19.2. The summed E-state index contributed by atoms with van der Waals surface area (Å²) in [6.45, 7) is 3.66. The van der Waals surface area contributed by atoms with Crippen LogP contribution < -0.4 is 5.32 Å². The van der Waals surface area contributed by atoms with Crippen LogP contribution in [0.25, 0.3) is 10.8 Å². The Bertz CT molecular complexity index is 1030. The highest BCUT2D eigenvalue weighted by atomic mass is 32.1. The first-order valence-electron chi connectivity index (χ1n) is 9.49. The van der Waals surface area contributed by atoms with Crippen LogP contribution in [0.15, 0.2) is 42.7 Å². The van der Waals surface area contributed by atoms with Crippen LogP contribution in [0.3, 0.4) is 0 Å². The largest absolute Gasteiger partial charge is 0.347 e. The van der Waals surface area contributed by atoms with Crippen LogP contribution in [-0.2, 0) is 17.9 Å². The summed E-state index contributed by atoms with van der Waals surface area (Å²) in [5.74, 6) is 0.564. The summed E-state index contributed by atoms with van der Waals surface area (Å²) in [5.41, 5.74) is 2.73. The third kappa shape index (κ3) is 4.48. The predicted octanol–water partition coefficient (Wildman–Crippen LogP) is 2.96. The lowest BCUT2D eigenvalue weighted by Crippen LogP contribution is -2.24. The van der Waals surface area contributed by atoms with Gasteiger partial charge in [-0.15, -0.1) is 11.3 Å². The van der Waals surface area contributed by atoms with Crippen molar-refractivity contribution in [3.8, 4) is 10.8 Å². The molecule has 0 saturated carbocycles. The summed E-state index contributed by atoms with van der Waals surface area (Å²) in [6.07, 6.45) is 4.88. The molecule has 0 bridgehead atoms. The number of hydrogen-bond acceptors (Lipinski definition) is 6. The van der Waals surface area contributed by atoms with E-state index in [1.54, 1.807) is 18.5 Å². The van der Waals surface area contributed by atoms with Crippen molar-refractivity contribution in [2.45, 2.75) is 32.9 Å². The van der Waals surface area contributed by atoms with Gasteiger partial charge >= 0.3 is 0 Å². The zero-order valence-electron chi connectivity index (χ0n) is 16.1.